The number of carbonyl (C=O) groups excluding carboxylic acids is 3. The molecule has 200 valence electrons. The molecule has 1 unspecified atom stereocenters. The van der Waals surface area contributed by atoms with Crippen LogP contribution < -0.4 is 5.32 Å². The highest BCUT2D eigenvalue weighted by Crippen LogP contribution is 2.39. The van der Waals surface area contributed by atoms with Gasteiger partial charge in [0.1, 0.15) is 5.00 Å². The summed E-state index contributed by atoms with van der Waals surface area (Å²) >= 11 is 1.41. The van der Waals surface area contributed by atoms with Gasteiger partial charge in [-0.2, -0.15) is 0 Å². The lowest BCUT2D eigenvalue weighted by Crippen LogP contribution is -2.35. The van der Waals surface area contributed by atoms with Crippen molar-refractivity contribution in [1.29, 1.82) is 0 Å². The third kappa shape index (κ3) is 4.92. The van der Waals surface area contributed by atoms with Crippen LogP contribution >= 0.6 is 11.3 Å². The molecule has 2 aromatic heterocycles. The first kappa shape index (κ1) is 26.3. The van der Waals surface area contributed by atoms with Gasteiger partial charge in [0, 0.05) is 41.0 Å². The van der Waals surface area contributed by atoms with Crippen LogP contribution in [0, 0.1) is 0 Å². The number of esters is 2. The Kier molecular flexibility index (Phi) is 7.76. The highest BCUT2D eigenvalue weighted by molar-refractivity contribution is 7.17. The molecule has 1 aliphatic carbocycles. The van der Waals surface area contributed by atoms with E-state index in [4.69, 9.17) is 14.5 Å². The van der Waals surface area contributed by atoms with Crippen LogP contribution in [-0.4, -0.2) is 54.0 Å². The molecule has 1 N–H and O–H groups in total. The van der Waals surface area contributed by atoms with Gasteiger partial charge in [0.25, 0.3) is 5.91 Å². The Morgan fingerprint density at radius 1 is 1.05 bits per heavy atom. The van der Waals surface area contributed by atoms with Crippen molar-refractivity contribution < 1.29 is 23.9 Å². The lowest BCUT2D eigenvalue weighted by atomic mass is 9.95. The quantitative estimate of drug-likeness (QED) is 0.429. The molecule has 0 bridgehead atoms. The highest BCUT2D eigenvalue weighted by atomic mass is 32.1. The number of methoxy groups -OCH3 is 1. The molecule has 0 saturated carbocycles. The normalized spacial score (nSPS) is 15.9. The molecule has 0 radical (unpaired) electrons. The van der Waals surface area contributed by atoms with Crippen molar-refractivity contribution in [3.63, 3.8) is 0 Å². The zero-order chi connectivity index (χ0) is 26.8. The van der Waals surface area contributed by atoms with Crippen molar-refractivity contribution in [2.45, 2.75) is 65.0 Å². The first-order chi connectivity index (χ1) is 18.4. The number of anilines is 1. The number of thiophene rings is 1. The van der Waals surface area contributed by atoms with E-state index in [0.717, 1.165) is 77.8 Å². The van der Waals surface area contributed by atoms with Crippen LogP contribution in [-0.2, 0) is 40.1 Å². The van der Waals surface area contributed by atoms with Gasteiger partial charge in [-0.15, -0.1) is 11.3 Å². The molecule has 0 saturated heterocycles. The summed E-state index contributed by atoms with van der Waals surface area (Å²) in [4.78, 5) is 47.9. The van der Waals surface area contributed by atoms with E-state index >= 15 is 0 Å². The number of amides is 1. The number of aryl methyl sites for hydroxylation is 1. The van der Waals surface area contributed by atoms with Gasteiger partial charge < -0.3 is 14.8 Å². The molecule has 3 heterocycles. The Morgan fingerprint density at radius 3 is 2.61 bits per heavy atom. The maximum Gasteiger partial charge on any atom is 0.341 e. The molecule has 8 nitrogen and oxygen atoms in total. The average molecular weight is 536 g/mol. The second-order valence-electron chi connectivity index (χ2n) is 9.75. The SMILES string of the molecule is CCC(OC(=O)c1c2c(nc3ccccc13)CCN(CC)C2)C(=O)Nc1sc2c(c1C(=O)OC)CCCC2. The number of aromatic nitrogens is 1. The molecule has 0 fully saturated rings. The number of para-hydroxylation sites is 1. The third-order valence-corrected chi connectivity index (χ3v) is 8.69. The number of nitrogens with zero attached hydrogens (tertiary/aromatic N) is 2. The first-order valence-electron chi connectivity index (χ1n) is 13.3. The monoisotopic (exact) mass is 535 g/mol. The maximum absolute atomic E-state index is 13.7. The van der Waals surface area contributed by atoms with E-state index in [2.05, 4.69) is 17.1 Å². The number of benzene rings is 1. The minimum absolute atomic E-state index is 0.294. The number of fused-ring (bicyclic) bond motifs is 3. The molecule has 1 atom stereocenters. The highest BCUT2D eigenvalue weighted by Gasteiger charge is 2.32. The summed E-state index contributed by atoms with van der Waals surface area (Å²) in [5, 5.41) is 4.08. The molecule has 3 aromatic rings. The molecular formula is C29H33N3O5S. The summed E-state index contributed by atoms with van der Waals surface area (Å²) in [5.41, 5.74) is 4.39. The van der Waals surface area contributed by atoms with Crippen molar-refractivity contribution in [1.82, 2.24) is 9.88 Å². The Labute approximate surface area is 226 Å². The molecule has 0 spiro atoms. The molecule has 9 heteroatoms. The number of ether oxygens (including phenoxy) is 2. The van der Waals surface area contributed by atoms with Crippen LogP contribution in [0.5, 0.6) is 0 Å². The van der Waals surface area contributed by atoms with Gasteiger partial charge in [0.2, 0.25) is 0 Å². The number of carbonyl (C=O) groups is 3. The fourth-order valence-electron chi connectivity index (χ4n) is 5.42. The van der Waals surface area contributed by atoms with Crippen molar-refractivity contribution in [3.8, 4) is 0 Å². The van der Waals surface area contributed by atoms with Crippen LogP contribution in [0.15, 0.2) is 24.3 Å². The fraction of sp³-hybridized carbons (Fsp3) is 0.448. The van der Waals surface area contributed by atoms with E-state index in [-0.39, 0.29) is 0 Å². The van der Waals surface area contributed by atoms with Gasteiger partial charge in [-0.1, -0.05) is 32.0 Å². The zero-order valence-corrected chi connectivity index (χ0v) is 22.9. The summed E-state index contributed by atoms with van der Waals surface area (Å²) in [6.45, 7) is 6.27. The van der Waals surface area contributed by atoms with Crippen molar-refractivity contribution in [3.05, 3.63) is 57.1 Å². The summed E-state index contributed by atoms with van der Waals surface area (Å²) in [6.07, 6.45) is 3.75. The molecular weight excluding hydrogens is 502 g/mol. The van der Waals surface area contributed by atoms with Crippen molar-refractivity contribution in [2.24, 2.45) is 0 Å². The number of rotatable bonds is 7. The summed E-state index contributed by atoms with van der Waals surface area (Å²) in [5.74, 6) is -1.44. The number of pyridine rings is 1. The Bertz CT molecular complexity index is 1400. The number of likely N-dealkylation sites (N-methyl/N-ethyl adjacent to an activating group) is 1. The van der Waals surface area contributed by atoms with Crippen molar-refractivity contribution in [2.75, 3.05) is 25.5 Å². The predicted molar refractivity (Wildman–Crippen MR) is 147 cm³/mol. The van der Waals surface area contributed by atoms with E-state index < -0.39 is 23.9 Å². The summed E-state index contributed by atoms with van der Waals surface area (Å²) in [6, 6.07) is 7.56. The maximum atomic E-state index is 13.7. The minimum atomic E-state index is -1.01. The number of hydrogen-bond acceptors (Lipinski definition) is 8. The minimum Gasteiger partial charge on any atom is -0.465 e. The van der Waals surface area contributed by atoms with Gasteiger partial charge in [-0.25, -0.2) is 9.59 Å². The molecule has 1 aliphatic heterocycles. The van der Waals surface area contributed by atoms with E-state index in [1.807, 2.05) is 24.3 Å². The number of nitrogens with one attached hydrogen (secondary N) is 1. The Morgan fingerprint density at radius 2 is 1.84 bits per heavy atom. The largest absolute Gasteiger partial charge is 0.465 e. The van der Waals surface area contributed by atoms with Gasteiger partial charge in [-0.3, -0.25) is 14.7 Å². The van der Waals surface area contributed by atoms with Crippen LogP contribution in [0.2, 0.25) is 0 Å². The average Bonchev–Trinajstić information content (AvgIpc) is 3.31. The summed E-state index contributed by atoms with van der Waals surface area (Å²) < 4.78 is 10.9. The first-order valence-corrected chi connectivity index (χ1v) is 14.1. The summed E-state index contributed by atoms with van der Waals surface area (Å²) in [7, 11) is 1.34. The van der Waals surface area contributed by atoms with Crippen LogP contribution in [0.4, 0.5) is 5.00 Å². The predicted octanol–water partition coefficient (Wildman–Crippen LogP) is 4.91. The van der Waals surface area contributed by atoms with Crippen LogP contribution in [0.3, 0.4) is 0 Å². The Balaban J connectivity index is 1.44. The third-order valence-electron chi connectivity index (χ3n) is 7.49. The van der Waals surface area contributed by atoms with Gasteiger partial charge in [0.15, 0.2) is 6.10 Å². The van der Waals surface area contributed by atoms with Gasteiger partial charge >= 0.3 is 11.9 Å². The molecule has 2 aliphatic rings. The van der Waals surface area contributed by atoms with E-state index in [1.165, 1.54) is 18.4 Å². The molecule has 1 amide bonds. The lowest BCUT2D eigenvalue weighted by Gasteiger charge is -2.29. The standard InChI is InChI=1S/C29H33N3O5S/c1-4-22(26(33)31-27-25(28(34)36-3)18-11-7-9-13-23(18)38-27)37-29(35)24-17-10-6-8-12-20(17)30-21-14-15-32(5-2)16-19(21)24/h6,8,10,12,22H,4-5,7,9,11,13-16H2,1-3H3,(H,31,33). The van der Waals surface area contributed by atoms with Crippen LogP contribution in [0.25, 0.3) is 10.9 Å². The Hall–Kier alpha value is -3.30. The smallest absolute Gasteiger partial charge is 0.341 e. The fourth-order valence-corrected chi connectivity index (χ4v) is 6.70. The molecule has 1 aromatic carbocycles. The number of hydrogen-bond donors (Lipinski definition) is 1. The second kappa shape index (κ2) is 11.2. The van der Waals surface area contributed by atoms with Gasteiger partial charge in [0.05, 0.1) is 23.8 Å². The van der Waals surface area contributed by atoms with Crippen LogP contribution in [0.1, 0.15) is 75.5 Å². The zero-order valence-electron chi connectivity index (χ0n) is 22.1. The van der Waals surface area contributed by atoms with E-state index in [0.29, 0.717) is 29.1 Å². The molecule has 5 rings (SSSR count). The van der Waals surface area contributed by atoms with E-state index in [1.54, 1.807) is 6.92 Å². The van der Waals surface area contributed by atoms with E-state index in [9.17, 15) is 14.4 Å². The topological polar surface area (TPSA) is 97.8 Å². The van der Waals surface area contributed by atoms with Crippen molar-refractivity contribution >= 4 is 45.1 Å². The molecule has 38 heavy (non-hydrogen) atoms. The lowest BCUT2D eigenvalue weighted by molar-refractivity contribution is -0.124. The second-order valence-corrected chi connectivity index (χ2v) is 10.9. The van der Waals surface area contributed by atoms with Gasteiger partial charge in [-0.05, 0) is 50.3 Å².